The smallest absolute Gasteiger partial charge is 0.0346 e. The highest BCUT2D eigenvalue weighted by molar-refractivity contribution is 5.85. The third-order valence-electron chi connectivity index (χ3n) is 3.21. The van der Waals surface area contributed by atoms with Crippen molar-refractivity contribution < 1.29 is 0 Å². The van der Waals surface area contributed by atoms with Crippen LogP contribution >= 0.6 is 0 Å². The van der Waals surface area contributed by atoms with Crippen molar-refractivity contribution in [3.05, 3.63) is 41.7 Å². The summed E-state index contributed by atoms with van der Waals surface area (Å²) in [6.45, 7) is 2.96. The zero-order valence-corrected chi connectivity index (χ0v) is 10.4. The van der Waals surface area contributed by atoms with Crippen LogP contribution in [0.5, 0.6) is 0 Å². The summed E-state index contributed by atoms with van der Waals surface area (Å²) in [5.74, 6) is 0. The molecule has 2 rings (SSSR count). The first-order valence-electron chi connectivity index (χ1n) is 6.40. The largest absolute Gasteiger partial charge is 0.330 e. The standard InChI is InChI=1S/C15H20N2/c1-2-13-10-17-11-14-9-12(5-3-4-8-16)6-7-15(13)14/h6-7,9-11H,2-5,8,16H2,1H3. The monoisotopic (exact) mass is 228 g/mol. The fraction of sp³-hybridized carbons (Fsp3) is 0.400. The van der Waals surface area contributed by atoms with Gasteiger partial charge in [0.1, 0.15) is 0 Å². The normalized spacial score (nSPS) is 10.9. The minimum absolute atomic E-state index is 0.787. The van der Waals surface area contributed by atoms with Crippen LogP contribution in [0.4, 0.5) is 0 Å². The zero-order valence-electron chi connectivity index (χ0n) is 10.4. The van der Waals surface area contributed by atoms with Gasteiger partial charge in [0.2, 0.25) is 0 Å². The van der Waals surface area contributed by atoms with Crippen LogP contribution in [0.25, 0.3) is 10.8 Å². The van der Waals surface area contributed by atoms with Gasteiger partial charge in [-0.1, -0.05) is 19.1 Å². The van der Waals surface area contributed by atoms with Crippen molar-refractivity contribution in [2.45, 2.75) is 32.6 Å². The molecule has 1 aromatic heterocycles. The molecule has 0 aliphatic rings. The molecule has 1 aromatic carbocycles. The first-order chi connectivity index (χ1) is 8.35. The second kappa shape index (κ2) is 5.78. The van der Waals surface area contributed by atoms with Gasteiger partial charge >= 0.3 is 0 Å². The first-order valence-corrected chi connectivity index (χ1v) is 6.40. The van der Waals surface area contributed by atoms with Crippen molar-refractivity contribution >= 4 is 10.8 Å². The van der Waals surface area contributed by atoms with E-state index in [0.29, 0.717) is 0 Å². The van der Waals surface area contributed by atoms with E-state index in [0.717, 1.165) is 25.8 Å². The Balaban J connectivity index is 2.25. The van der Waals surface area contributed by atoms with E-state index in [2.05, 4.69) is 30.1 Å². The van der Waals surface area contributed by atoms with Gasteiger partial charge in [0.25, 0.3) is 0 Å². The molecular formula is C15H20N2. The zero-order chi connectivity index (χ0) is 12.1. The molecule has 0 fully saturated rings. The van der Waals surface area contributed by atoms with Crippen LogP contribution in [0.3, 0.4) is 0 Å². The molecule has 0 saturated heterocycles. The molecule has 0 saturated carbocycles. The molecule has 0 aliphatic carbocycles. The number of nitrogens with zero attached hydrogens (tertiary/aromatic N) is 1. The Labute approximate surface area is 103 Å². The maximum absolute atomic E-state index is 5.51. The number of rotatable bonds is 5. The van der Waals surface area contributed by atoms with Crippen molar-refractivity contribution in [3.8, 4) is 0 Å². The van der Waals surface area contributed by atoms with Crippen LogP contribution in [0, 0.1) is 0 Å². The van der Waals surface area contributed by atoms with E-state index in [-0.39, 0.29) is 0 Å². The Hall–Kier alpha value is -1.41. The molecule has 0 aliphatic heterocycles. The highest BCUT2D eigenvalue weighted by Crippen LogP contribution is 2.20. The van der Waals surface area contributed by atoms with Gasteiger partial charge in [-0.15, -0.1) is 0 Å². The Kier molecular flexibility index (Phi) is 4.10. The van der Waals surface area contributed by atoms with Gasteiger partial charge in [-0.3, -0.25) is 4.98 Å². The van der Waals surface area contributed by atoms with Gasteiger partial charge in [-0.25, -0.2) is 0 Å². The number of pyridine rings is 1. The SMILES string of the molecule is CCc1cncc2cc(CCCCN)ccc12. The average molecular weight is 228 g/mol. The number of unbranched alkanes of at least 4 members (excludes halogenated alkanes) is 1. The molecule has 2 aromatic rings. The predicted molar refractivity (Wildman–Crippen MR) is 73.1 cm³/mol. The van der Waals surface area contributed by atoms with Crippen LogP contribution in [-0.2, 0) is 12.8 Å². The van der Waals surface area contributed by atoms with Gasteiger partial charge in [0.15, 0.2) is 0 Å². The predicted octanol–water partition coefficient (Wildman–Crippen LogP) is 3.08. The molecule has 0 amide bonds. The second-order valence-corrected chi connectivity index (χ2v) is 4.45. The summed E-state index contributed by atoms with van der Waals surface area (Å²) >= 11 is 0. The molecule has 0 atom stereocenters. The van der Waals surface area contributed by atoms with E-state index in [4.69, 9.17) is 5.73 Å². The highest BCUT2D eigenvalue weighted by atomic mass is 14.6. The van der Waals surface area contributed by atoms with Crippen molar-refractivity contribution in [1.82, 2.24) is 4.98 Å². The Bertz CT molecular complexity index is 491. The molecule has 2 heteroatoms. The van der Waals surface area contributed by atoms with E-state index in [1.165, 1.54) is 28.3 Å². The molecular weight excluding hydrogens is 208 g/mol. The topological polar surface area (TPSA) is 38.9 Å². The summed E-state index contributed by atoms with van der Waals surface area (Å²) in [4.78, 5) is 4.30. The third kappa shape index (κ3) is 2.83. The average Bonchev–Trinajstić information content (AvgIpc) is 2.38. The van der Waals surface area contributed by atoms with E-state index in [1.807, 2.05) is 12.4 Å². The highest BCUT2D eigenvalue weighted by Gasteiger charge is 2.01. The molecule has 90 valence electrons. The maximum Gasteiger partial charge on any atom is 0.0346 e. The third-order valence-corrected chi connectivity index (χ3v) is 3.21. The van der Waals surface area contributed by atoms with Crippen LogP contribution in [-0.4, -0.2) is 11.5 Å². The van der Waals surface area contributed by atoms with Gasteiger partial charge in [0.05, 0.1) is 0 Å². The number of benzene rings is 1. The number of aromatic nitrogens is 1. The van der Waals surface area contributed by atoms with Gasteiger partial charge < -0.3 is 5.73 Å². The Morgan fingerprint density at radius 1 is 1.18 bits per heavy atom. The van der Waals surface area contributed by atoms with E-state index < -0.39 is 0 Å². The van der Waals surface area contributed by atoms with E-state index in [9.17, 15) is 0 Å². The summed E-state index contributed by atoms with van der Waals surface area (Å²) in [7, 11) is 0. The minimum Gasteiger partial charge on any atom is -0.330 e. The lowest BCUT2D eigenvalue weighted by atomic mass is 10.0. The fourth-order valence-corrected chi connectivity index (χ4v) is 2.20. The molecule has 0 spiro atoms. The van der Waals surface area contributed by atoms with Crippen molar-refractivity contribution in [2.24, 2.45) is 5.73 Å². The summed E-state index contributed by atoms with van der Waals surface area (Å²) in [6, 6.07) is 6.73. The number of hydrogen-bond acceptors (Lipinski definition) is 2. The molecule has 0 unspecified atom stereocenters. The minimum atomic E-state index is 0.787. The van der Waals surface area contributed by atoms with E-state index in [1.54, 1.807) is 0 Å². The molecule has 0 bridgehead atoms. The first kappa shape index (κ1) is 12.1. The quantitative estimate of drug-likeness (QED) is 0.799. The van der Waals surface area contributed by atoms with Gasteiger partial charge in [0, 0.05) is 17.8 Å². The molecule has 1 heterocycles. The Morgan fingerprint density at radius 2 is 2.06 bits per heavy atom. The summed E-state index contributed by atoms with van der Waals surface area (Å²) in [6.07, 6.45) is 8.35. The number of fused-ring (bicyclic) bond motifs is 1. The van der Waals surface area contributed by atoms with Crippen LogP contribution < -0.4 is 5.73 Å². The Morgan fingerprint density at radius 3 is 2.82 bits per heavy atom. The number of aryl methyl sites for hydroxylation is 2. The summed E-state index contributed by atoms with van der Waals surface area (Å²) in [5, 5.41) is 2.60. The fourth-order valence-electron chi connectivity index (χ4n) is 2.20. The lowest BCUT2D eigenvalue weighted by molar-refractivity contribution is 0.745. The summed E-state index contributed by atoms with van der Waals surface area (Å²) in [5.41, 5.74) is 8.23. The number of hydrogen-bond donors (Lipinski definition) is 1. The molecule has 0 radical (unpaired) electrons. The van der Waals surface area contributed by atoms with E-state index >= 15 is 0 Å². The number of nitrogens with two attached hydrogens (primary N) is 1. The van der Waals surface area contributed by atoms with Gasteiger partial charge in [-0.05, 0) is 54.8 Å². The maximum atomic E-state index is 5.51. The molecule has 2 N–H and O–H groups in total. The van der Waals surface area contributed by atoms with Crippen LogP contribution in [0.2, 0.25) is 0 Å². The van der Waals surface area contributed by atoms with Gasteiger partial charge in [-0.2, -0.15) is 0 Å². The van der Waals surface area contributed by atoms with Crippen molar-refractivity contribution in [2.75, 3.05) is 6.54 Å². The summed E-state index contributed by atoms with van der Waals surface area (Å²) < 4.78 is 0. The van der Waals surface area contributed by atoms with Crippen molar-refractivity contribution in [3.63, 3.8) is 0 Å². The molecule has 2 nitrogen and oxygen atoms in total. The lowest BCUT2D eigenvalue weighted by Crippen LogP contribution is -1.99. The van der Waals surface area contributed by atoms with Crippen LogP contribution in [0.1, 0.15) is 30.9 Å². The van der Waals surface area contributed by atoms with Crippen LogP contribution in [0.15, 0.2) is 30.6 Å². The lowest BCUT2D eigenvalue weighted by Gasteiger charge is -2.06. The molecule has 17 heavy (non-hydrogen) atoms. The van der Waals surface area contributed by atoms with Crippen molar-refractivity contribution in [1.29, 1.82) is 0 Å². The second-order valence-electron chi connectivity index (χ2n) is 4.45.